The van der Waals surface area contributed by atoms with E-state index >= 15 is 0 Å². The quantitative estimate of drug-likeness (QED) is 0.608. The van der Waals surface area contributed by atoms with Gasteiger partial charge in [0.2, 0.25) is 0 Å². The number of hydrogen-bond donors (Lipinski definition) is 0. The molecular formula is C16H34O4. The van der Waals surface area contributed by atoms with Gasteiger partial charge in [0.25, 0.3) is 0 Å². The SMILES string of the molecule is CCOCC(OC(COC)CC(C)(C)C)OC(C)(C)C. The molecule has 0 aromatic carbocycles. The molecule has 0 spiro atoms. The van der Waals surface area contributed by atoms with Crippen LogP contribution in [0.25, 0.3) is 0 Å². The van der Waals surface area contributed by atoms with Crippen LogP contribution in [0.15, 0.2) is 0 Å². The van der Waals surface area contributed by atoms with Gasteiger partial charge in [0.15, 0.2) is 6.29 Å². The zero-order valence-electron chi connectivity index (χ0n) is 14.6. The maximum absolute atomic E-state index is 6.07. The van der Waals surface area contributed by atoms with E-state index in [1.165, 1.54) is 0 Å². The topological polar surface area (TPSA) is 36.9 Å². The predicted molar refractivity (Wildman–Crippen MR) is 81.9 cm³/mol. The normalized spacial score (nSPS) is 16.2. The molecule has 4 heteroatoms. The first-order chi connectivity index (χ1) is 9.07. The Labute approximate surface area is 125 Å². The number of ether oxygens (including phenoxy) is 4. The molecule has 0 fully saturated rings. The van der Waals surface area contributed by atoms with Crippen LogP contribution in [0.2, 0.25) is 0 Å². The van der Waals surface area contributed by atoms with Crippen LogP contribution in [0.1, 0.15) is 54.9 Å². The van der Waals surface area contributed by atoms with Gasteiger partial charge in [-0.1, -0.05) is 20.8 Å². The molecular weight excluding hydrogens is 256 g/mol. The second-order valence-electron chi connectivity index (χ2n) is 7.30. The molecule has 0 radical (unpaired) electrons. The molecule has 0 heterocycles. The molecule has 0 saturated carbocycles. The predicted octanol–water partition coefficient (Wildman–Crippen LogP) is 3.63. The molecule has 20 heavy (non-hydrogen) atoms. The fourth-order valence-electron chi connectivity index (χ4n) is 1.94. The molecule has 122 valence electrons. The molecule has 0 aliphatic heterocycles. The Morgan fingerprint density at radius 3 is 1.95 bits per heavy atom. The molecule has 0 aliphatic carbocycles. The van der Waals surface area contributed by atoms with Gasteiger partial charge < -0.3 is 18.9 Å². The average molecular weight is 290 g/mol. The van der Waals surface area contributed by atoms with Crippen molar-refractivity contribution >= 4 is 0 Å². The zero-order chi connectivity index (χ0) is 15.8. The Balaban J connectivity index is 4.60. The molecule has 2 atom stereocenters. The summed E-state index contributed by atoms with van der Waals surface area (Å²) >= 11 is 0. The van der Waals surface area contributed by atoms with Gasteiger partial charge in [-0.2, -0.15) is 0 Å². The van der Waals surface area contributed by atoms with Crippen molar-refractivity contribution in [1.29, 1.82) is 0 Å². The van der Waals surface area contributed by atoms with Crippen LogP contribution < -0.4 is 0 Å². The zero-order valence-corrected chi connectivity index (χ0v) is 14.6. The Morgan fingerprint density at radius 2 is 1.55 bits per heavy atom. The molecule has 0 bridgehead atoms. The highest BCUT2D eigenvalue weighted by molar-refractivity contribution is 4.71. The lowest BCUT2D eigenvalue weighted by Crippen LogP contribution is -2.38. The van der Waals surface area contributed by atoms with Crippen LogP contribution in [-0.2, 0) is 18.9 Å². The van der Waals surface area contributed by atoms with Crippen LogP contribution in [0.4, 0.5) is 0 Å². The van der Waals surface area contributed by atoms with Crippen LogP contribution in [0.5, 0.6) is 0 Å². The van der Waals surface area contributed by atoms with E-state index in [4.69, 9.17) is 18.9 Å². The van der Waals surface area contributed by atoms with Crippen molar-refractivity contribution in [1.82, 2.24) is 0 Å². The monoisotopic (exact) mass is 290 g/mol. The third-order valence-corrected chi connectivity index (χ3v) is 2.48. The van der Waals surface area contributed by atoms with E-state index in [0.717, 1.165) is 6.42 Å². The summed E-state index contributed by atoms with van der Waals surface area (Å²) in [5, 5.41) is 0. The van der Waals surface area contributed by atoms with Gasteiger partial charge in [0, 0.05) is 13.7 Å². The summed E-state index contributed by atoms with van der Waals surface area (Å²) in [7, 11) is 1.70. The van der Waals surface area contributed by atoms with E-state index < -0.39 is 0 Å². The number of methoxy groups -OCH3 is 1. The summed E-state index contributed by atoms with van der Waals surface area (Å²) in [4.78, 5) is 0. The van der Waals surface area contributed by atoms with E-state index in [2.05, 4.69) is 20.8 Å². The summed E-state index contributed by atoms with van der Waals surface area (Å²) in [6.45, 7) is 16.3. The molecule has 2 unspecified atom stereocenters. The highest BCUT2D eigenvalue weighted by Gasteiger charge is 2.26. The molecule has 0 rings (SSSR count). The van der Waals surface area contributed by atoms with Crippen LogP contribution in [-0.4, -0.2) is 44.9 Å². The third-order valence-electron chi connectivity index (χ3n) is 2.48. The number of rotatable bonds is 9. The first-order valence-corrected chi connectivity index (χ1v) is 7.47. The first kappa shape index (κ1) is 19.8. The Kier molecular flexibility index (Phi) is 8.91. The summed E-state index contributed by atoms with van der Waals surface area (Å²) < 4.78 is 22.7. The lowest BCUT2D eigenvalue weighted by Gasteiger charge is -2.32. The lowest BCUT2D eigenvalue weighted by atomic mass is 9.89. The molecule has 0 N–H and O–H groups in total. The van der Waals surface area contributed by atoms with E-state index in [-0.39, 0.29) is 23.4 Å². The standard InChI is InChI=1S/C16H34O4/c1-9-18-12-14(20-16(5,6)7)19-13(11-17-8)10-15(2,3)4/h13-14H,9-12H2,1-8H3. The summed E-state index contributed by atoms with van der Waals surface area (Å²) in [6, 6.07) is 0. The minimum atomic E-state index is -0.363. The van der Waals surface area contributed by atoms with Crippen molar-refractivity contribution in [2.24, 2.45) is 5.41 Å². The molecule has 0 saturated heterocycles. The van der Waals surface area contributed by atoms with Crippen molar-refractivity contribution < 1.29 is 18.9 Å². The van der Waals surface area contributed by atoms with Crippen molar-refractivity contribution in [3.63, 3.8) is 0 Å². The first-order valence-electron chi connectivity index (χ1n) is 7.47. The Morgan fingerprint density at radius 1 is 0.950 bits per heavy atom. The van der Waals surface area contributed by atoms with Crippen LogP contribution in [0, 0.1) is 5.41 Å². The van der Waals surface area contributed by atoms with Crippen molar-refractivity contribution in [2.45, 2.75) is 72.9 Å². The summed E-state index contributed by atoms with van der Waals surface area (Å²) in [5.74, 6) is 0. The largest absolute Gasteiger partial charge is 0.382 e. The van der Waals surface area contributed by atoms with Crippen LogP contribution in [0.3, 0.4) is 0 Å². The fraction of sp³-hybridized carbons (Fsp3) is 1.00. The second-order valence-corrected chi connectivity index (χ2v) is 7.30. The molecule has 0 aromatic rings. The minimum Gasteiger partial charge on any atom is -0.382 e. The van der Waals surface area contributed by atoms with E-state index in [9.17, 15) is 0 Å². The van der Waals surface area contributed by atoms with E-state index in [1.54, 1.807) is 7.11 Å². The van der Waals surface area contributed by atoms with Gasteiger partial charge in [-0.3, -0.25) is 0 Å². The molecule has 0 aliphatic rings. The highest BCUT2D eigenvalue weighted by atomic mass is 16.7. The van der Waals surface area contributed by atoms with Gasteiger partial charge in [0.05, 0.1) is 24.9 Å². The van der Waals surface area contributed by atoms with Gasteiger partial charge in [-0.15, -0.1) is 0 Å². The lowest BCUT2D eigenvalue weighted by molar-refractivity contribution is -0.242. The summed E-state index contributed by atoms with van der Waals surface area (Å²) in [5.41, 5.74) is -0.0811. The fourth-order valence-corrected chi connectivity index (χ4v) is 1.94. The maximum Gasteiger partial charge on any atom is 0.181 e. The van der Waals surface area contributed by atoms with Crippen molar-refractivity contribution in [3.8, 4) is 0 Å². The molecule has 0 amide bonds. The van der Waals surface area contributed by atoms with Crippen molar-refractivity contribution in [2.75, 3.05) is 26.9 Å². The Hall–Kier alpha value is -0.160. The summed E-state index contributed by atoms with van der Waals surface area (Å²) in [6.07, 6.45) is 0.557. The van der Waals surface area contributed by atoms with Gasteiger partial charge >= 0.3 is 0 Å². The van der Waals surface area contributed by atoms with Crippen molar-refractivity contribution in [3.05, 3.63) is 0 Å². The smallest absolute Gasteiger partial charge is 0.181 e. The Bertz CT molecular complexity index is 240. The number of hydrogen-bond acceptors (Lipinski definition) is 4. The van der Waals surface area contributed by atoms with Crippen LogP contribution >= 0.6 is 0 Å². The third kappa shape index (κ3) is 11.6. The van der Waals surface area contributed by atoms with Gasteiger partial charge in [-0.05, 0) is 39.5 Å². The van der Waals surface area contributed by atoms with E-state index in [1.807, 2.05) is 27.7 Å². The highest BCUT2D eigenvalue weighted by Crippen LogP contribution is 2.24. The second kappa shape index (κ2) is 8.98. The molecule has 4 nitrogen and oxygen atoms in total. The minimum absolute atomic E-state index is 0.00723. The molecule has 0 aromatic heterocycles. The van der Waals surface area contributed by atoms with Gasteiger partial charge in [-0.25, -0.2) is 0 Å². The van der Waals surface area contributed by atoms with Gasteiger partial charge in [0.1, 0.15) is 0 Å². The maximum atomic E-state index is 6.07. The average Bonchev–Trinajstić information content (AvgIpc) is 2.21. The van der Waals surface area contributed by atoms with E-state index in [0.29, 0.717) is 19.8 Å².